The number of nitrogens with zero attached hydrogens (tertiary/aromatic N) is 1. The standard InChI is InChI=1S/C29H26N4O3/c1-17(27(34)30-16-18-9-3-2-4-10-18)31-28(35)24-15-22-19-11-7-8-14-23(19)32-25(22)26-20-12-5-6-13-21(20)29(36)33(24)26/h2-14,17,24,26,32H,15-16H2,1H3,(H,30,34)(H,31,35)/t17-,24-,26?/m0/s1. The molecule has 7 nitrogen and oxygen atoms in total. The Morgan fingerprint density at radius 3 is 2.56 bits per heavy atom. The predicted molar refractivity (Wildman–Crippen MR) is 136 cm³/mol. The number of amides is 3. The van der Waals surface area contributed by atoms with Gasteiger partial charge in [-0.25, -0.2) is 0 Å². The number of hydrogen-bond donors (Lipinski definition) is 3. The number of hydrogen-bond acceptors (Lipinski definition) is 3. The molecule has 1 unspecified atom stereocenters. The summed E-state index contributed by atoms with van der Waals surface area (Å²) in [6.45, 7) is 2.04. The average molecular weight is 479 g/mol. The summed E-state index contributed by atoms with van der Waals surface area (Å²) < 4.78 is 0. The topological polar surface area (TPSA) is 94.3 Å². The highest BCUT2D eigenvalue weighted by molar-refractivity contribution is 6.04. The van der Waals surface area contributed by atoms with Crippen LogP contribution < -0.4 is 10.6 Å². The Morgan fingerprint density at radius 1 is 1.00 bits per heavy atom. The van der Waals surface area contributed by atoms with Crippen LogP contribution in [-0.4, -0.2) is 39.7 Å². The lowest BCUT2D eigenvalue weighted by molar-refractivity contribution is -0.131. The molecule has 3 atom stereocenters. The molecule has 6 rings (SSSR count). The minimum absolute atomic E-state index is 0.166. The van der Waals surface area contributed by atoms with E-state index in [0.717, 1.165) is 33.3 Å². The van der Waals surface area contributed by atoms with Gasteiger partial charge in [-0.3, -0.25) is 14.4 Å². The van der Waals surface area contributed by atoms with Gasteiger partial charge in [0.05, 0.1) is 6.04 Å². The van der Waals surface area contributed by atoms with Crippen molar-refractivity contribution >= 4 is 28.6 Å². The second-order valence-electron chi connectivity index (χ2n) is 9.42. The summed E-state index contributed by atoms with van der Waals surface area (Å²) in [5.74, 6) is -0.774. The van der Waals surface area contributed by atoms with Crippen molar-refractivity contribution in [3.8, 4) is 0 Å². The van der Waals surface area contributed by atoms with E-state index in [2.05, 4.69) is 15.6 Å². The summed E-state index contributed by atoms with van der Waals surface area (Å²) in [4.78, 5) is 45.0. The normalized spacial score (nSPS) is 18.8. The Kier molecular flexibility index (Phi) is 5.33. The van der Waals surface area contributed by atoms with Crippen LogP contribution in [0.15, 0.2) is 78.9 Å². The predicted octanol–water partition coefficient (Wildman–Crippen LogP) is 3.46. The summed E-state index contributed by atoms with van der Waals surface area (Å²) in [5.41, 5.74) is 5.45. The van der Waals surface area contributed by atoms with Crippen molar-refractivity contribution in [3.05, 3.63) is 107 Å². The van der Waals surface area contributed by atoms with Gasteiger partial charge in [-0.2, -0.15) is 0 Å². The molecule has 1 aromatic heterocycles. The van der Waals surface area contributed by atoms with Gasteiger partial charge in [-0.05, 0) is 35.7 Å². The number of fused-ring (bicyclic) bond motifs is 7. The maximum absolute atomic E-state index is 13.6. The highest BCUT2D eigenvalue weighted by Crippen LogP contribution is 2.46. The van der Waals surface area contributed by atoms with Gasteiger partial charge in [0, 0.05) is 35.1 Å². The smallest absolute Gasteiger partial charge is 0.255 e. The monoisotopic (exact) mass is 478 g/mol. The van der Waals surface area contributed by atoms with Crippen LogP contribution >= 0.6 is 0 Å². The molecule has 7 heteroatoms. The first-order valence-corrected chi connectivity index (χ1v) is 12.2. The molecule has 0 radical (unpaired) electrons. The van der Waals surface area contributed by atoms with Crippen molar-refractivity contribution in [1.82, 2.24) is 20.5 Å². The minimum Gasteiger partial charge on any atom is -0.356 e. The van der Waals surface area contributed by atoms with Gasteiger partial charge in [-0.1, -0.05) is 66.7 Å². The average Bonchev–Trinajstić information content (AvgIpc) is 3.43. The van der Waals surface area contributed by atoms with E-state index in [4.69, 9.17) is 0 Å². The van der Waals surface area contributed by atoms with Crippen molar-refractivity contribution in [2.75, 3.05) is 0 Å². The summed E-state index contributed by atoms with van der Waals surface area (Å²) >= 11 is 0. The van der Waals surface area contributed by atoms with Crippen LogP contribution in [0.3, 0.4) is 0 Å². The van der Waals surface area contributed by atoms with Gasteiger partial charge in [0.1, 0.15) is 12.1 Å². The molecular formula is C29H26N4O3. The Balaban J connectivity index is 1.29. The molecular weight excluding hydrogens is 452 g/mol. The molecule has 3 aromatic carbocycles. The third-order valence-electron chi connectivity index (χ3n) is 7.22. The van der Waals surface area contributed by atoms with E-state index in [1.807, 2.05) is 78.9 Å². The number of aromatic nitrogens is 1. The second kappa shape index (κ2) is 8.68. The molecule has 3 amide bonds. The van der Waals surface area contributed by atoms with Gasteiger partial charge < -0.3 is 20.5 Å². The highest BCUT2D eigenvalue weighted by atomic mass is 16.2. The molecule has 4 aromatic rings. The first kappa shape index (κ1) is 22.1. The zero-order chi connectivity index (χ0) is 24.8. The molecule has 180 valence electrons. The Labute approximate surface area is 208 Å². The maximum atomic E-state index is 13.6. The first-order valence-electron chi connectivity index (χ1n) is 12.2. The molecule has 0 bridgehead atoms. The number of benzene rings is 3. The molecule has 2 aliphatic heterocycles. The van der Waals surface area contributed by atoms with E-state index in [9.17, 15) is 14.4 Å². The lowest BCUT2D eigenvalue weighted by Gasteiger charge is -2.37. The summed E-state index contributed by atoms with van der Waals surface area (Å²) in [6.07, 6.45) is 0.375. The molecule has 0 spiro atoms. The van der Waals surface area contributed by atoms with Crippen LogP contribution in [0.4, 0.5) is 0 Å². The fourth-order valence-electron chi connectivity index (χ4n) is 5.45. The molecule has 0 saturated carbocycles. The fourth-order valence-corrected chi connectivity index (χ4v) is 5.45. The summed E-state index contributed by atoms with van der Waals surface area (Å²) in [7, 11) is 0. The van der Waals surface area contributed by atoms with Crippen molar-refractivity contribution in [1.29, 1.82) is 0 Å². The van der Waals surface area contributed by atoms with E-state index < -0.39 is 12.1 Å². The number of carbonyl (C=O) groups is 3. The van der Waals surface area contributed by atoms with E-state index in [-0.39, 0.29) is 23.8 Å². The van der Waals surface area contributed by atoms with Crippen LogP contribution in [0.25, 0.3) is 10.9 Å². The van der Waals surface area contributed by atoms with Crippen molar-refractivity contribution in [2.45, 2.75) is 38.0 Å². The SMILES string of the molecule is C[C@H](NC(=O)[C@@H]1Cc2c([nH]c3ccccc23)C2c3ccccc3C(=O)N21)C(=O)NCc1ccccc1. The van der Waals surface area contributed by atoms with Crippen LogP contribution in [0.1, 0.15) is 45.7 Å². The van der Waals surface area contributed by atoms with Crippen LogP contribution in [0, 0.1) is 0 Å². The Hall–Kier alpha value is -4.39. The van der Waals surface area contributed by atoms with E-state index >= 15 is 0 Å². The molecule has 36 heavy (non-hydrogen) atoms. The van der Waals surface area contributed by atoms with Crippen LogP contribution in [0.5, 0.6) is 0 Å². The fraction of sp³-hybridized carbons (Fsp3) is 0.207. The number of nitrogens with one attached hydrogen (secondary N) is 3. The van der Waals surface area contributed by atoms with Gasteiger partial charge in [0.25, 0.3) is 5.91 Å². The molecule has 3 heterocycles. The van der Waals surface area contributed by atoms with E-state index in [1.165, 1.54) is 0 Å². The number of rotatable bonds is 5. The van der Waals surface area contributed by atoms with Crippen molar-refractivity contribution < 1.29 is 14.4 Å². The zero-order valence-corrected chi connectivity index (χ0v) is 19.8. The molecule has 0 fully saturated rings. The quantitative estimate of drug-likeness (QED) is 0.410. The number of para-hydroxylation sites is 1. The van der Waals surface area contributed by atoms with Crippen molar-refractivity contribution in [2.24, 2.45) is 0 Å². The Bertz CT molecular complexity index is 1490. The molecule has 2 aliphatic rings. The molecule has 0 saturated heterocycles. The minimum atomic E-state index is -0.746. The number of carbonyl (C=O) groups excluding carboxylic acids is 3. The zero-order valence-electron chi connectivity index (χ0n) is 19.8. The largest absolute Gasteiger partial charge is 0.356 e. The number of aromatic amines is 1. The third kappa shape index (κ3) is 3.55. The van der Waals surface area contributed by atoms with Gasteiger partial charge >= 0.3 is 0 Å². The van der Waals surface area contributed by atoms with Crippen LogP contribution in [0.2, 0.25) is 0 Å². The van der Waals surface area contributed by atoms with E-state index in [0.29, 0.717) is 18.5 Å². The van der Waals surface area contributed by atoms with Crippen LogP contribution in [-0.2, 0) is 22.6 Å². The van der Waals surface area contributed by atoms with Gasteiger partial charge in [-0.15, -0.1) is 0 Å². The third-order valence-corrected chi connectivity index (χ3v) is 7.22. The second-order valence-corrected chi connectivity index (χ2v) is 9.42. The molecule has 0 aliphatic carbocycles. The number of H-pyrrole nitrogens is 1. The van der Waals surface area contributed by atoms with E-state index in [1.54, 1.807) is 11.8 Å². The van der Waals surface area contributed by atoms with Crippen molar-refractivity contribution in [3.63, 3.8) is 0 Å². The lowest BCUT2D eigenvalue weighted by Crippen LogP contribution is -2.55. The summed E-state index contributed by atoms with van der Waals surface area (Å²) in [6, 6.07) is 23.3. The first-order chi connectivity index (χ1) is 17.5. The Morgan fingerprint density at radius 2 is 1.72 bits per heavy atom. The van der Waals surface area contributed by atoms with Gasteiger partial charge in [0.15, 0.2) is 0 Å². The molecule has 3 N–H and O–H groups in total. The maximum Gasteiger partial charge on any atom is 0.255 e. The van der Waals surface area contributed by atoms with Gasteiger partial charge in [0.2, 0.25) is 11.8 Å². The highest BCUT2D eigenvalue weighted by Gasteiger charge is 2.49. The summed E-state index contributed by atoms with van der Waals surface area (Å²) in [5, 5.41) is 6.79. The lowest BCUT2D eigenvalue weighted by atomic mass is 9.90.